The molecule has 1 N–H and O–H groups in total. The zero-order valence-electron chi connectivity index (χ0n) is 11.1. The molecule has 5 nitrogen and oxygen atoms in total. The Hall–Kier alpha value is -1.91. The van der Waals surface area contributed by atoms with E-state index in [1.54, 1.807) is 18.3 Å². The van der Waals surface area contributed by atoms with Gasteiger partial charge in [-0.1, -0.05) is 13.0 Å². The summed E-state index contributed by atoms with van der Waals surface area (Å²) in [6.45, 7) is 2.24. The van der Waals surface area contributed by atoms with Crippen LogP contribution in [-0.2, 0) is 11.3 Å². The highest BCUT2D eigenvalue weighted by atomic mass is 16.2. The molecule has 0 radical (unpaired) electrons. The number of carbonyl (C=O) groups is 1. The van der Waals surface area contributed by atoms with Gasteiger partial charge in [0.25, 0.3) is 11.5 Å². The molecule has 5 heteroatoms. The third-order valence-electron chi connectivity index (χ3n) is 3.40. The molecule has 0 bridgehead atoms. The Bertz CT molecular complexity index is 523. The van der Waals surface area contributed by atoms with E-state index in [1.165, 1.54) is 10.6 Å². The molecule has 1 aromatic heterocycles. The normalized spacial score (nSPS) is 19.0. The highest BCUT2D eigenvalue weighted by molar-refractivity contribution is 5.86. The summed E-state index contributed by atoms with van der Waals surface area (Å²) in [6.07, 6.45) is 5.76. The summed E-state index contributed by atoms with van der Waals surface area (Å²) >= 11 is 0. The van der Waals surface area contributed by atoms with Gasteiger partial charge in [0.1, 0.15) is 6.54 Å². The number of carbonyl (C=O) groups excluding carboxylic acids is 1. The molecule has 0 atom stereocenters. The highest BCUT2D eigenvalue weighted by Crippen LogP contribution is 2.20. The quantitative estimate of drug-likeness (QED) is 0.839. The van der Waals surface area contributed by atoms with Crippen molar-refractivity contribution in [1.29, 1.82) is 0 Å². The smallest absolute Gasteiger partial charge is 0.260 e. The maximum absolute atomic E-state index is 11.7. The lowest BCUT2D eigenvalue weighted by Crippen LogP contribution is -2.30. The number of nitrogens with zero attached hydrogens (tertiary/aromatic N) is 2. The highest BCUT2D eigenvalue weighted by Gasteiger charge is 2.13. The van der Waals surface area contributed by atoms with E-state index in [1.807, 2.05) is 0 Å². The summed E-state index contributed by atoms with van der Waals surface area (Å²) in [5.41, 5.74) is 3.40. The molecule has 102 valence electrons. The minimum absolute atomic E-state index is 0.00680. The second kappa shape index (κ2) is 6.31. The fourth-order valence-corrected chi connectivity index (χ4v) is 2.13. The number of nitrogens with one attached hydrogen (secondary N) is 1. The van der Waals surface area contributed by atoms with E-state index >= 15 is 0 Å². The zero-order valence-corrected chi connectivity index (χ0v) is 11.1. The van der Waals surface area contributed by atoms with E-state index in [9.17, 15) is 9.59 Å². The molecule has 1 saturated carbocycles. The molecule has 2 rings (SSSR count). The standard InChI is InChI=1S/C14H19N3O2/c1-11-5-7-12(8-6-11)15-16-13(18)10-17-9-3-2-4-14(17)19/h2-4,9,11H,5-8,10H2,1H3,(H,16,18). The number of hydrazone groups is 1. The number of amides is 1. The minimum Gasteiger partial charge on any atom is -0.306 e. The van der Waals surface area contributed by atoms with E-state index < -0.39 is 0 Å². The molecule has 1 amide bonds. The molecule has 1 aromatic rings. The van der Waals surface area contributed by atoms with Gasteiger partial charge < -0.3 is 4.57 Å². The van der Waals surface area contributed by atoms with Gasteiger partial charge in [-0.25, -0.2) is 5.43 Å². The van der Waals surface area contributed by atoms with Gasteiger partial charge in [0.15, 0.2) is 0 Å². The van der Waals surface area contributed by atoms with Crippen LogP contribution in [-0.4, -0.2) is 16.2 Å². The van der Waals surface area contributed by atoms with Crippen molar-refractivity contribution in [2.24, 2.45) is 11.0 Å². The molecule has 0 aromatic carbocycles. The molecule has 1 aliphatic carbocycles. The summed E-state index contributed by atoms with van der Waals surface area (Å²) in [7, 11) is 0. The SMILES string of the molecule is CC1CCC(=NNC(=O)Cn2ccccc2=O)CC1. The van der Waals surface area contributed by atoms with Crippen LogP contribution in [0.1, 0.15) is 32.6 Å². The molecule has 0 saturated heterocycles. The van der Waals surface area contributed by atoms with Crippen LogP contribution in [0.3, 0.4) is 0 Å². The second-order valence-corrected chi connectivity index (χ2v) is 5.06. The lowest BCUT2D eigenvalue weighted by atomic mass is 9.90. The van der Waals surface area contributed by atoms with Crippen molar-refractivity contribution >= 4 is 11.6 Å². The maximum atomic E-state index is 11.7. The second-order valence-electron chi connectivity index (χ2n) is 5.06. The summed E-state index contributed by atoms with van der Waals surface area (Å²) < 4.78 is 1.36. The topological polar surface area (TPSA) is 63.5 Å². The van der Waals surface area contributed by atoms with Gasteiger partial charge in [0.2, 0.25) is 0 Å². The van der Waals surface area contributed by atoms with Crippen LogP contribution < -0.4 is 11.0 Å². The monoisotopic (exact) mass is 261 g/mol. The third-order valence-corrected chi connectivity index (χ3v) is 3.40. The van der Waals surface area contributed by atoms with E-state index in [0.29, 0.717) is 0 Å². The Morgan fingerprint density at radius 3 is 2.84 bits per heavy atom. The van der Waals surface area contributed by atoms with Crippen molar-refractivity contribution in [3.05, 3.63) is 34.7 Å². The first kappa shape index (κ1) is 13.5. The number of hydrogen-bond donors (Lipinski definition) is 1. The van der Waals surface area contributed by atoms with Crippen LogP contribution in [0.25, 0.3) is 0 Å². The van der Waals surface area contributed by atoms with Crippen molar-refractivity contribution in [2.75, 3.05) is 0 Å². The molecule has 19 heavy (non-hydrogen) atoms. The Morgan fingerprint density at radius 1 is 1.42 bits per heavy atom. The van der Waals surface area contributed by atoms with Crippen molar-refractivity contribution in [2.45, 2.75) is 39.2 Å². The summed E-state index contributed by atoms with van der Waals surface area (Å²) in [5, 5.41) is 4.15. The van der Waals surface area contributed by atoms with Crippen molar-refractivity contribution in [3.8, 4) is 0 Å². The Kier molecular flexibility index (Phi) is 4.49. The predicted molar refractivity (Wildman–Crippen MR) is 73.9 cm³/mol. The van der Waals surface area contributed by atoms with E-state index in [0.717, 1.165) is 37.3 Å². The first-order valence-electron chi connectivity index (χ1n) is 6.65. The molecule has 0 unspecified atom stereocenters. The summed E-state index contributed by atoms with van der Waals surface area (Å²) in [4.78, 5) is 23.1. The number of pyridine rings is 1. The van der Waals surface area contributed by atoms with Crippen LogP contribution in [0.15, 0.2) is 34.3 Å². The number of hydrogen-bond acceptors (Lipinski definition) is 3. The van der Waals surface area contributed by atoms with Gasteiger partial charge in [-0.3, -0.25) is 9.59 Å². The van der Waals surface area contributed by atoms with Gasteiger partial charge in [-0.2, -0.15) is 5.10 Å². The van der Waals surface area contributed by atoms with Gasteiger partial charge in [0, 0.05) is 18.0 Å². The third kappa shape index (κ3) is 4.05. The summed E-state index contributed by atoms with van der Waals surface area (Å²) in [6, 6.07) is 4.81. The predicted octanol–water partition coefficient (Wildman–Crippen LogP) is 1.53. The Balaban J connectivity index is 1.87. The molecular formula is C14H19N3O2. The van der Waals surface area contributed by atoms with Crippen LogP contribution in [0.4, 0.5) is 0 Å². The summed E-state index contributed by atoms with van der Waals surface area (Å²) in [5.74, 6) is 0.483. The van der Waals surface area contributed by atoms with Gasteiger partial charge in [-0.15, -0.1) is 0 Å². The fourth-order valence-electron chi connectivity index (χ4n) is 2.13. The zero-order chi connectivity index (χ0) is 13.7. The number of aromatic nitrogens is 1. The molecule has 0 aliphatic heterocycles. The van der Waals surface area contributed by atoms with Crippen molar-refractivity contribution in [1.82, 2.24) is 9.99 Å². The van der Waals surface area contributed by atoms with Gasteiger partial charge in [-0.05, 0) is 37.7 Å². The molecule has 1 fully saturated rings. The molecule has 0 spiro atoms. The fraction of sp³-hybridized carbons (Fsp3) is 0.500. The van der Waals surface area contributed by atoms with Crippen molar-refractivity contribution in [3.63, 3.8) is 0 Å². The van der Waals surface area contributed by atoms with Crippen LogP contribution in [0, 0.1) is 5.92 Å². The van der Waals surface area contributed by atoms with E-state index in [2.05, 4.69) is 17.5 Å². The lowest BCUT2D eigenvalue weighted by Gasteiger charge is -2.18. The average molecular weight is 261 g/mol. The van der Waals surface area contributed by atoms with E-state index in [4.69, 9.17) is 0 Å². The van der Waals surface area contributed by atoms with E-state index in [-0.39, 0.29) is 18.0 Å². The lowest BCUT2D eigenvalue weighted by molar-refractivity contribution is -0.121. The average Bonchev–Trinajstić information content (AvgIpc) is 2.41. The molecule has 1 aliphatic rings. The van der Waals surface area contributed by atoms with Crippen LogP contribution in [0.2, 0.25) is 0 Å². The first-order chi connectivity index (χ1) is 9.15. The minimum atomic E-state index is -0.264. The number of rotatable bonds is 3. The first-order valence-corrected chi connectivity index (χ1v) is 6.65. The molecule has 1 heterocycles. The maximum Gasteiger partial charge on any atom is 0.260 e. The van der Waals surface area contributed by atoms with Crippen LogP contribution >= 0.6 is 0 Å². The Labute approximate surface area is 112 Å². The van der Waals surface area contributed by atoms with Gasteiger partial charge in [0.05, 0.1) is 0 Å². The van der Waals surface area contributed by atoms with Crippen LogP contribution in [0.5, 0.6) is 0 Å². The van der Waals surface area contributed by atoms with Crippen molar-refractivity contribution < 1.29 is 4.79 Å². The largest absolute Gasteiger partial charge is 0.306 e. The Morgan fingerprint density at radius 2 is 2.16 bits per heavy atom. The molecular weight excluding hydrogens is 242 g/mol. The van der Waals surface area contributed by atoms with Gasteiger partial charge >= 0.3 is 0 Å².